The number of nitrogens with zero attached hydrogens (tertiary/aromatic N) is 4. The first kappa shape index (κ1) is 25.4. The first-order valence-corrected chi connectivity index (χ1v) is 12.5. The third kappa shape index (κ3) is 7.66. The molecule has 0 aliphatic carbocycles. The van der Waals surface area contributed by atoms with Gasteiger partial charge in [0, 0.05) is 23.7 Å². The monoisotopic (exact) mass is 545 g/mol. The van der Waals surface area contributed by atoms with Crippen LogP contribution in [0.25, 0.3) is 6.08 Å². The number of aliphatic hydroxyl groups excluding tert-OH is 1. The molecule has 3 N–H and O–H groups in total. The van der Waals surface area contributed by atoms with E-state index in [1.807, 2.05) is 0 Å². The maximum atomic E-state index is 12.8. The Morgan fingerprint density at radius 3 is 2.57 bits per heavy atom. The molecule has 1 rings (SSSR count). The largest absolute Gasteiger partial charge is 0.435 e. The topological polar surface area (TPSA) is 137 Å². The van der Waals surface area contributed by atoms with Crippen molar-refractivity contribution in [3.05, 3.63) is 27.6 Å². The van der Waals surface area contributed by atoms with Gasteiger partial charge in [0.1, 0.15) is 12.3 Å². The number of hydrogen-bond acceptors (Lipinski definition) is 6. The molecule has 10 nitrogen and oxygen atoms in total. The smallest absolute Gasteiger partial charge is 0.393 e. The summed E-state index contributed by atoms with van der Waals surface area (Å²) in [5.41, 5.74) is 6.64. The van der Waals surface area contributed by atoms with Crippen LogP contribution in [0.5, 0.6) is 0 Å². The van der Waals surface area contributed by atoms with Gasteiger partial charge in [-0.05, 0) is 30.8 Å². The van der Waals surface area contributed by atoms with Gasteiger partial charge in [-0.3, -0.25) is 9.09 Å². The van der Waals surface area contributed by atoms with E-state index >= 15 is 0 Å². The molecule has 0 fully saturated rings. The number of halogens is 2. The fourth-order valence-electron chi connectivity index (χ4n) is 2.36. The minimum atomic E-state index is -3.59. The summed E-state index contributed by atoms with van der Waals surface area (Å²) in [6, 6.07) is 0. The molecule has 2 atom stereocenters. The molecular formula is C15H26Br2N5O5P. The maximum Gasteiger partial charge on any atom is 0.435 e. The number of nitro groups is 1. The van der Waals surface area contributed by atoms with E-state index in [0.717, 1.165) is 0 Å². The lowest BCUT2D eigenvalue weighted by Gasteiger charge is -2.26. The minimum Gasteiger partial charge on any atom is -0.393 e. The molecule has 0 spiro atoms. The average molecular weight is 547 g/mol. The molecule has 0 aliphatic rings. The van der Waals surface area contributed by atoms with Crippen LogP contribution >= 0.6 is 39.5 Å². The number of rotatable bonds is 13. The Morgan fingerprint density at radius 1 is 1.46 bits per heavy atom. The van der Waals surface area contributed by atoms with Crippen LogP contribution < -0.4 is 5.50 Å². The lowest BCUT2D eigenvalue weighted by atomic mass is 10.2. The molecule has 0 aromatic carbocycles. The van der Waals surface area contributed by atoms with Crippen LogP contribution in [-0.2, 0) is 22.7 Å². The van der Waals surface area contributed by atoms with Crippen LogP contribution in [0.2, 0.25) is 0 Å². The zero-order valence-corrected chi connectivity index (χ0v) is 19.9. The van der Waals surface area contributed by atoms with Crippen molar-refractivity contribution < 1.29 is 19.1 Å². The van der Waals surface area contributed by atoms with Crippen LogP contribution in [-0.4, -0.2) is 54.1 Å². The molecule has 0 amide bonds. The molecule has 0 saturated heterocycles. The molecule has 13 heteroatoms. The van der Waals surface area contributed by atoms with E-state index in [1.165, 1.54) is 16.3 Å². The van der Waals surface area contributed by atoms with Crippen LogP contribution in [0.4, 0.5) is 5.95 Å². The first-order chi connectivity index (χ1) is 13.1. The van der Waals surface area contributed by atoms with Gasteiger partial charge in [-0.1, -0.05) is 42.9 Å². The van der Waals surface area contributed by atoms with Gasteiger partial charge in [-0.25, -0.2) is 14.7 Å². The molecule has 1 heterocycles. The van der Waals surface area contributed by atoms with E-state index in [9.17, 15) is 19.8 Å². The van der Waals surface area contributed by atoms with E-state index in [4.69, 9.17) is 10.0 Å². The number of aromatic nitrogens is 2. The molecular weight excluding hydrogens is 521 g/mol. The van der Waals surface area contributed by atoms with E-state index in [0.29, 0.717) is 48.0 Å². The first-order valence-electron chi connectivity index (χ1n) is 8.59. The highest BCUT2D eigenvalue weighted by atomic mass is 79.9. The molecule has 0 saturated carbocycles. The number of alkyl halides is 2. The summed E-state index contributed by atoms with van der Waals surface area (Å²) in [5.74, 6) is -0.349. The Balaban J connectivity index is 3.04. The third-order valence-corrected chi connectivity index (χ3v) is 6.27. The van der Waals surface area contributed by atoms with E-state index in [1.54, 1.807) is 19.1 Å². The zero-order chi connectivity index (χ0) is 21.3. The van der Waals surface area contributed by atoms with Gasteiger partial charge in [-0.15, -0.1) is 0 Å². The van der Waals surface area contributed by atoms with Gasteiger partial charge in [0.15, 0.2) is 5.69 Å². The molecule has 1 aromatic rings. The van der Waals surface area contributed by atoms with Crippen LogP contribution in [0.3, 0.4) is 0 Å². The van der Waals surface area contributed by atoms with Gasteiger partial charge in [-0.2, -0.15) is 0 Å². The predicted molar refractivity (Wildman–Crippen MR) is 116 cm³/mol. The van der Waals surface area contributed by atoms with Crippen molar-refractivity contribution in [2.45, 2.75) is 32.5 Å². The summed E-state index contributed by atoms with van der Waals surface area (Å²) >= 11 is 6.58. The predicted octanol–water partition coefficient (Wildman–Crippen LogP) is 3.18. The van der Waals surface area contributed by atoms with Crippen molar-refractivity contribution >= 4 is 51.6 Å². The van der Waals surface area contributed by atoms with Crippen molar-refractivity contribution in [3.8, 4) is 0 Å². The van der Waals surface area contributed by atoms with Gasteiger partial charge < -0.3 is 15.2 Å². The standard InChI is InChI=1S/C15H26Br2N5O5P/c1-12(23)5-3-4-6-13-14(20(2)15(19-13)22(24)25)11-27-28(18,26)21(9-7-16)10-8-17/h4,6,12,23H,3,5,7-11H2,1-2H3,(H2,18,26)/b6-4+. The van der Waals surface area contributed by atoms with Crippen LogP contribution in [0.15, 0.2) is 6.08 Å². The lowest BCUT2D eigenvalue weighted by molar-refractivity contribution is -0.396. The molecule has 0 bridgehead atoms. The normalized spacial score (nSPS) is 15.2. The molecule has 2 unspecified atom stereocenters. The number of imidazole rings is 1. The van der Waals surface area contributed by atoms with Gasteiger partial charge in [0.05, 0.1) is 13.2 Å². The Kier molecular flexibility index (Phi) is 11.0. The zero-order valence-electron chi connectivity index (χ0n) is 15.8. The number of nitrogens with two attached hydrogens (primary N) is 1. The fraction of sp³-hybridized carbons (Fsp3) is 0.667. The van der Waals surface area contributed by atoms with E-state index in [-0.39, 0.29) is 12.6 Å². The lowest BCUT2D eigenvalue weighted by Crippen LogP contribution is -2.29. The molecule has 0 aliphatic heterocycles. The second-order valence-electron chi connectivity index (χ2n) is 6.06. The molecule has 28 heavy (non-hydrogen) atoms. The Labute approximate surface area is 181 Å². The van der Waals surface area contributed by atoms with Crippen LogP contribution in [0.1, 0.15) is 31.2 Å². The van der Waals surface area contributed by atoms with Crippen molar-refractivity contribution in [2.24, 2.45) is 12.6 Å². The summed E-state index contributed by atoms with van der Waals surface area (Å²) in [7, 11) is -2.10. The Bertz CT molecular complexity index is 722. The summed E-state index contributed by atoms with van der Waals surface area (Å²) in [6.45, 7) is 2.35. The van der Waals surface area contributed by atoms with E-state index < -0.39 is 18.7 Å². The average Bonchev–Trinajstić information content (AvgIpc) is 2.92. The molecule has 1 aromatic heterocycles. The third-order valence-electron chi connectivity index (χ3n) is 3.88. The van der Waals surface area contributed by atoms with Crippen molar-refractivity contribution in [2.75, 3.05) is 23.7 Å². The highest BCUT2D eigenvalue weighted by Crippen LogP contribution is 2.43. The Morgan fingerprint density at radius 2 is 2.07 bits per heavy atom. The van der Waals surface area contributed by atoms with Gasteiger partial charge in [0.2, 0.25) is 0 Å². The summed E-state index contributed by atoms with van der Waals surface area (Å²) in [4.78, 5) is 14.6. The van der Waals surface area contributed by atoms with Crippen LogP contribution in [0, 0.1) is 10.1 Å². The van der Waals surface area contributed by atoms with Crippen molar-refractivity contribution in [1.82, 2.24) is 14.2 Å². The van der Waals surface area contributed by atoms with Crippen molar-refractivity contribution in [3.63, 3.8) is 0 Å². The summed E-state index contributed by atoms with van der Waals surface area (Å²) in [5, 5.41) is 21.7. The number of hydrogen-bond donors (Lipinski definition) is 2. The van der Waals surface area contributed by atoms with Gasteiger partial charge >= 0.3 is 13.6 Å². The number of allylic oxidation sites excluding steroid dienone is 1. The summed E-state index contributed by atoms with van der Waals surface area (Å²) < 4.78 is 21.1. The van der Waals surface area contributed by atoms with E-state index in [2.05, 4.69) is 36.8 Å². The SMILES string of the molecule is CC(O)CC/C=C/c1nc([N+](=O)[O-])n(C)c1COP(N)(=O)N(CCBr)CCBr. The highest BCUT2D eigenvalue weighted by Gasteiger charge is 2.30. The highest BCUT2D eigenvalue weighted by molar-refractivity contribution is 9.09. The quantitative estimate of drug-likeness (QED) is 0.166. The number of aliphatic hydroxyl groups is 1. The minimum absolute atomic E-state index is 0.192. The second-order valence-corrected chi connectivity index (χ2v) is 9.60. The van der Waals surface area contributed by atoms with Crippen molar-refractivity contribution in [1.29, 1.82) is 0 Å². The molecule has 160 valence electrons. The second kappa shape index (κ2) is 12.2. The Hall–Kier alpha value is -0.620. The fourth-order valence-corrected chi connectivity index (χ4v) is 4.99. The van der Waals surface area contributed by atoms with Gasteiger partial charge in [0.25, 0.3) is 0 Å². The maximum absolute atomic E-state index is 12.8. The summed E-state index contributed by atoms with van der Waals surface area (Å²) in [6.07, 6.45) is 4.10. The molecule has 0 radical (unpaired) electrons.